The number of aromatic nitrogens is 3. The van der Waals surface area contributed by atoms with Crippen molar-refractivity contribution >= 4 is 22.6 Å². The molecule has 1 aliphatic rings. The zero-order chi connectivity index (χ0) is 29.9. The number of aryl methyl sites for hydroxylation is 1. The molecule has 2 aromatic carbocycles. The van der Waals surface area contributed by atoms with Crippen LogP contribution in [0.5, 0.6) is 17.2 Å². The summed E-state index contributed by atoms with van der Waals surface area (Å²) in [6.45, 7) is 3.12. The lowest BCUT2D eigenvalue weighted by molar-refractivity contribution is 0.0694. The molecule has 10 heteroatoms. The van der Waals surface area contributed by atoms with E-state index in [4.69, 9.17) is 14.2 Å². The van der Waals surface area contributed by atoms with Crippen LogP contribution in [0.4, 0.5) is 10.2 Å². The average molecular weight is 581 g/mol. The third-order valence-electron chi connectivity index (χ3n) is 7.48. The molecule has 4 heterocycles. The second-order valence-electron chi connectivity index (χ2n) is 10.3. The summed E-state index contributed by atoms with van der Waals surface area (Å²) in [5.74, 6) is 0.990. The highest BCUT2D eigenvalue weighted by Crippen LogP contribution is 2.33. The Morgan fingerprint density at radius 2 is 1.81 bits per heavy atom. The summed E-state index contributed by atoms with van der Waals surface area (Å²) in [6.07, 6.45) is 7.94. The smallest absolute Gasteiger partial charge is 0.262 e. The van der Waals surface area contributed by atoms with Gasteiger partial charge in [0.25, 0.3) is 5.91 Å². The van der Waals surface area contributed by atoms with Crippen molar-refractivity contribution in [1.82, 2.24) is 14.5 Å². The number of fused-ring (bicyclic) bond motifs is 1. The second-order valence-corrected chi connectivity index (χ2v) is 10.3. The average Bonchev–Trinajstić information content (AvgIpc) is 3.03. The maximum atomic E-state index is 13.6. The number of benzene rings is 2. The van der Waals surface area contributed by atoms with Gasteiger partial charge in [0.1, 0.15) is 34.4 Å². The van der Waals surface area contributed by atoms with E-state index >= 15 is 0 Å². The van der Waals surface area contributed by atoms with E-state index in [-0.39, 0.29) is 17.4 Å². The number of nitrogens with one attached hydrogen (secondary N) is 1. The highest BCUT2D eigenvalue weighted by molar-refractivity contribution is 6.04. The Kier molecular flexibility index (Phi) is 7.84. The fraction of sp³-hybridized carbons (Fsp3) is 0.212. The number of nitrogens with zero attached hydrogens (tertiary/aromatic N) is 3. The lowest BCUT2D eigenvalue weighted by Crippen LogP contribution is -2.27. The Morgan fingerprint density at radius 1 is 1.02 bits per heavy atom. The van der Waals surface area contributed by atoms with E-state index in [2.05, 4.69) is 15.3 Å². The number of carbonyl (C=O) groups excluding carboxylic acids is 1. The molecule has 6 rings (SSSR count). The minimum atomic E-state index is -0.599. The van der Waals surface area contributed by atoms with E-state index in [0.717, 1.165) is 35.1 Å². The third kappa shape index (κ3) is 5.96. The Labute approximate surface area is 246 Å². The van der Waals surface area contributed by atoms with Gasteiger partial charge in [0.05, 0.1) is 18.8 Å². The van der Waals surface area contributed by atoms with Crippen LogP contribution in [0.3, 0.4) is 0 Å². The van der Waals surface area contributed by atoms with Crippen molar-refractivity contribution in [2.75, 3.05) is 25.6 Å². The molecule has 1 aliphatic heterocycles. The molecule has 1 fully saturated rings. The summed E-state index contributed by atoms with van der Waals surface area (Å²) in [4.78, 5) is 35.7. The van der Waals surface area contributed by atoms with Crippen LogP contribution >= 0.6 is 0 Å². The van der Waals surface area contributed by atoms with Crippen LogP contribution < -0.4 is 20.2 Å². The van der Waals surface area contributed by atoms with Crippen LogP contribution in [0.2, 0.25) is 0 Å². The van der Waals surface area contributed by atoms with Crippen LogP contribution in [0.1, 0.15) is 34.8 Å². The van der Waals surface area contributed by atoms with E-state index in [1.807, 2.05) is 23.6 Å². The number of pyridine rings is 3. The molecule has 0 saturated carbocycles. The molecule has 0 spiro atoms. The number of halogens is 1. The number of amides is 1. The Morgan fingerprint density at radius 3 is 2.53 bits per heavy atom. The van der Waals surface area contributed by atoms with Gasteiger partial charge in [-0.3, -0.25) is 14.6 Å². The molecular weight excluding hydrogens is 551 g/mol. The van der Waals surface area contributed by atoms with E-state index < -0.39 is 17.2 Å². The molecule has 0 radical (unpaired) electrons. The summed E-state index contributed by atoms with van der Waals surface area (Å²) in [5.41, 5.74) is 2.07. The highest BCUT2D eigenvalue weighted by atomic mass is 19.1. The number of anilines is 1. The first-order valence-electron chi connectivity index (χ1n) is 13.9. The normalized spacial score (nSPS) is 13.6. The van der Waals surface area contributed by atoms with Crippen molar-refractivity contribution in [2.24, 2.45) is 0 Å². The molecule has 1 N–H and O–H groups in total. The molecule has 3 aromatic heterocycles. The quantitative estimate of drug-likeness (QED) is 0.241. The van der Waals surface area contributed by atoms with Gasteiger partial charge in [-0.25, -0.2) is 9.37 Å². The second kappa shape index (κ2) is 12.0. The van der Waals surface area contributed by atoms with Crippen molar-refractivity contribution in [3.05, 3.63) is 107 Å². The first-order chi connectivity index (χ1) is 20.9. The molecule has 0 atom stereocenters. The van der Waals surface area contributed by atoms with Gasteiger partial charge >= 0.3 is 0 Å². The first kappa shape index (κ1) is 28.0. The lowest BCUT2D eigenvalue weighted by Gasteiger charge is -2.26. The fourth-order valence-corrected chi connectivity index (χ4v) is 5.17. The third-order valence-corrected chi connectivity index (χ3v) is 7.48. The molecule has 1 amide bonds. The Bertz CT molecular complexity index is 1850. The number of hydrogen-bond donors (Lipinski definition) is 1. The maximum absolute atomic E-state index is 13.6. The van der Waals surface area contributed by atoms with Gasteiger partial charge in [-0.2, -0.15) is 0 Å². The van der Waals surface area contributed by atoms with Gasteiger partial charge in [-0.05, 0) is 73.4 Å². The monoisotopic (exact) mass is 580 g/mol. The van der Waals surface area contributed by atoms with Crippen molar-refractivity contribution in [3.8, 4) is 28.4 Å². The molecule has 43 heavy (non-hydrogen) atoms. The minimum Gasteiger partial charge on any atom is -0.496 e. The number of carbonyl (C=O) groups is 1. The predicted molar refractivity (Wildman–Crippen MR) is 160 cm³/mol. The topological polar surface area (TPSA) is 105 Å². The minimum absolute atomic E-state index is 0.0389. The van der Waals surface area contributed by atoms with E-state index in [1.165, 1.54) is 30.5 Å². The molecule has 9 nitrogen and oxygen atoms in total. The van der Waals surface area contributed by atoms with Gasteiger partial charge in [0, 0.05) is 48.8 Å². The first-order valence-corrected chi connectivity index (χ1v) is 13.9. The molecule has 0 aliphatic carbocycles. The van der Waals surface area contributed by atoms with Gasteiger partial charge in [-0.1, -0.05) is 12.1 Å². The largest absolute Gasteiger partial charge is 0.496 e. The molecular formula is C33H29FN4O5. The molecule has 218 valence electrons. The van der Waals surface area contributed by atoms with Crippen LogP contribution in [0.25, 0.3) is 22.0 Å². The lowest BCUT2D eigenvalue weighted by atomic mass is 10.0. The predicted octanol–water partition coefficient (Wildman–Crippen LogP) is 6.31. The zero-order valence-electron chi connectivity index (χ0n) is 23.7. The van der Waals surface area contributed by atoms with Crippen molar-refractivity contribution in [2.45, 2.75) is 25.8 Å². The van der Waals surface area contributed by atoms with Crippen molar-refractivity contribution < 1.29 is 23.4 Å². The molecule has 0 bridgehead atoms. The van der Waals surface area contributed by atoms with E-state index in [9.17, 15) is 14.0 Å². The van der Waals surface area contributed by atoms with Crippen LogP contribution in [0, 0.1) is 12.7 Å². The number of rotatable bonds is 7. The Hall–Kier alpha value is -5.09. The number of hydrogen-bond acceptors (Lipinski definition) is 7. The number of ether oxygens (including phenoxy) is 3. The summed E-state index contributed by atoms with van der Waals surface area (Å²) in [5, 5.41) is 3.51. The van der Waals surface area contributed by atoms with E-state index in [0.29, 0.717) is 35.8 Å². The van der Waals surface area contributed by atoms with Crippen LogP contribution in [-0.4, -0.2) is 40.8 Å². The fourth-order valence-electron chi connectivity index (χ4n) is 5.17. The standard InChI is InChI=1S/C33H29FN4O5/c1-20-15-28-25(16-30(20)41-2)29(9-12-35-28)43-24-7-8-31(36-17-24)37-33(40)27-19-38(23-10-13-42-14-11-23)18-26(32(27)39)21-3-5-22(34)6-4-21/h3-9,12,15-19,23H,10-11,13-14H2,1-2H3,(H,36,37,40). The van der Waals surface area contributed by atoms with Gasteiger partial charge in [-0.15, -0.1) is 0 Å². The van der Waals surface area contributed by atoms with Gasteiger partial charge < -0.3 is 24.1 Å². The van der Waals surface area contributed by atoms with Crippen molar-refractivity contribution in [1.29, 1.82) is 0 Å². The summed E-state index contributed by atoms with van der Waals surface area (Å²) < 4.78 is 32.5. The van der Waals surface area contributed by atoms with E-state index in [1.54, 1.807) is 43.9 Å². The number of methoxy groups -OCH3 is 1. The van der Waals surface area contributed by atoms with Crippen molar-refractivity contribution in [3.63, 3.8) is 0 Å². The van der Waals surface area contributed by atoms with Gasteiger partial charge in [0.2, 0.25) is 5.43 Å². The Balaban J connectivity index is 1.26. The maximum Gasteiger partial charge on any atom is 0.262 e. The SMILES string of the molecule is COc1cc2c(Oc3ccc(NC(=O)c4cn(C5CCOCC5)cc(-c5ccc(F)cc5)c4=O)nc3)ccnc2cc1C. The van der Waals surface area contributed by atoms with Crippen LogP contribution in [-0.2, 0) is 4.74 Å². The molecule has 1 saturated heterocycles. The van der Waals surface area contributed by atoms with Crippen LogP contribution in [0.15, 0.2) is 84.2 Å². The summed E-state index contributed by atoms with van der Waals surface area (Å²) in [7, 11) is 1.61. The zero-order valence-corrected chi connectivity index (χ0v) is 23.7. The highest BCUT2D eigenvalue weighted by Gasteiger charge is 2.21. The van der Waals surface area contributed by atoms with Gasteiger partial charge in [0.15, 0.2) is 0 Å². The summed E-state index contributed by atoms with van der Waals surface area (Å²) in [6, 6.07) is 14.5. The molecule has 0 unspecified atom stereocenters. The summed E-state index contributed by atoms with van der Waals surface area (Å²) >= 11 is 0. The molecule has 5 aromatic rings.